The summed E-state index contributed by atoms with van der Waals surface area (Å²) < 4.78 is 0. The van der Waals surface area contributed by atoms with Crippen LogP contribution in [0.4, 0.5) is 0 Å². The summed E-state index contributed by atoms with van der Waals surface area (Å²) in [6.45, 7) is 9.54. The van der Waals surface area contributed by atoms with Gasteiger partial charge in [0, 0.05) is 0 Å². The fourth-order valence-electron chi connectivity index (χ4n) is 0.862. The van der Waals surface area contributed by atoms with Crippen LogP contribution in [0.1, 0.15) is 41.0 Å². The molecule has 0 spiro atoms. The number of rotatable bonds is 1. The molecule has 1 atom stereocenters. The Kier molecular flexibility index (Phi) is 15.0. The van der Waals surface area contributed by atoms with Crippen molar-refractivity contribution in [3.63, 3.8) is 0 Å². The maximum Gasteiger partial charge on any atom is 2.00 e. The van der Waals surface area contributed by atoms with Gasteiger partial charge >= 0.3 is 23.1 Å². The van der Waals surface area contributed by atoms with E-state index in [-0.39, 0.29) is 35.1 Å². The van der Waals surface area contributed by atoms with E-state index in [0.717, 1.165) is 6.42 Å². The maximum atomic E-state index is 10.5. The van der Waals surface area contributed by atoms with Gasteiger partial charge in [-0.3, -0.25) is 0 Å². The Labute approximate surface area is 92.5 Å². The smallest absolute Gasteiger partial charge is 0.855 e. The van der Waals surface area contributed by atoms with E-state index in [1.807, 2.05) is 0 Å². The van der Waals surface area contributed by atoms with Gasteiger partial charge in [-0.05, 0) is 5.41 Å². The summed E-state index contributed by atoms with van der Waals surface area (Å²) in [7, 11) is 0. The zero-order valence-corrected chi connectivity index (χ0v) is 10.4. The molecule has 1 unspecified atom stereocenters. The maximum absolute atomic E-state index is 10.5. The molecule has 0 aromatic carbocycles. The molecular formula is C9H20MgO2. The van der Waals surface area contributed by atoms with Crippen molar-refractivity contribution in [3.05, 3.63) is 0 Å². The van der Waals surface area contributed by atoms with Crippen LogP contribution in [0, 0.1) is 5.41 Å². The van der Waals surface area contributed by atoms with E-state index < -0.39 is 6.10 Å². The Hall–Kier alpha value is 0.686. The summed E-state index contributed by atoms with van der Waals surface area (Å²) >= 11 is 0. The molecule has 12 heavy (non-hydrogen) atoms. The van der Waals surface area contributed by atoms with Crippen molar-refractivity contribution in [3.8, 4) is 0 Å². The zero-order valence-electron chi connectivity index (χ0n) is 9.02. The predicted octanol–water partition coefficient (Wildman–Crippen LogP) is 0.157. The second-order valence-corrected chi connectivity index (χ2v) is 3.86. The van der Waals surface area contributed by atoms with Crippen molar-refractivity contribution in [2.45, 2.75) is 47.1 Å². The molecule has 0 radical (unpaired) electrons. The van der Waals surface area contributed by atoms with E-state index in [1.54, 1.807) is 13.8 Å². The molecule has 0 aliphatic carbocycles. The monoisotopic (exact) mass is 184 g/mol. The van der Waals surface area contributed by atoms with Crippen molar-refractivity contribution < 1.29 is 10.2 Å². The Morgan fingerprint density at radius 1 is 1.25 bits per heavy atom. The Balaban J connectivity index is -0.000000177. The molecule has 0 aliphatic rings. The molecule has 0 saturated heterocycles. The summed E-state index contributed by atoms with van der Waals surface area (Å²) in [6.07, 6.45) is 0.363. The molecule has 0 amide bonds. The Bertz CT molecular complexity index is 77.1. The normalized spacial score (nSPS) is 12.2. The van der Waals surface area contributed by atoms with Gasteiger partial charge in [-0.1, -0.05) is 41.0 Å². The molecule has 0 bridgehead atoms. The first-order valence-electron chi connectivity index (χ1n) is 4.07. The third kappa shape index (κ3) is 31.0. The molecular weight excluding hydrogens is 164 g/mol. The van der Waals surface area contributed by atoms with Crippen LogP contribution in [0.2, 0.25) is 0 Å². The molecule has 0 aromatic heterocycles. The van der Waals surface area contributed by atoms with Crippen molar-refractivity contribution in [1.29, 1.82) is 0 Å². The number of hydrogen-bond donors (Lipinski definition) is 0. The Morgan fingerprint density at radius 2 is 1.50 bits per heavy atom. The largest absolute Gasteiger partial charge is 2.00 e. The average molecular weight is 185 g/mol. The fourth-order valence-corrected chi connectivity index (χ4v) is 0.862. The summed E-state index contributed by atoms with van der Waals surface area (Å²) in [5.41, 5.74) is 0.209. The van der Waals surface area contributed by atoms with Crippen LogP contribution in [0.5, 0.6) is 0 Å². The van der Waals surface area contributed by atoms with E-state index >= 15 is 0 Å². The molecule has 0 heterocycles. The average Bonchev–Trinajstić information content (AvgIpc) is 1.57. The first-order valence-corrected chi connectivity index (χ1v) is 4.07. The third-order valence-corrected chi connectivity index (χ3v) is 0.900. The van der Waals surface area contributed by atoms with E-state index in [2.05, 4.69) is 20.8 Å². The zero-order chi connectivity index (χ0) is 9.49. The van der Waals surface area contributed by atoms with Crippen LogP contribution in [-0.4, -0.2) is 35.8 Å². The van der Waals surface area contributed by atoms with Crippen molar-refractivity contribution in [2.75, 3.05) is 6.61 Å². The molecule has 0 N–H and O–H groups in total. The molecule has 0 saturated carbocycles. The first kappa shape index (κ1) is 18.5. The fraction of sp³-hybridized carbons (Fsp3) is 1.00. The summed E-state index contributed by atoms with van der Waals surface area (Å²) in [5, 5.41) is 19.5. The second kappa shape index (κ2) is 9.77. The summed E-state index contributed by atoms with van der Waals surface area (Å²) in [4.78, 5) is 0. The second-order valence-electron chi connectivity index (χ2n) is 3.86. The standard InChI is InChI=1S/C7H15O.C2H5O.Mg/c1-6(8)5-7(2,3)4;1-2-3;/h6H,5H2,1-4H3;2H2,1H3;/q2*-1;+2. The molecule has 70 valence electrons. The minimum atomic E-state index is -0.407. The Morgan fingerprint density at radius 3 is 1.50 bits per heavy atom. The topological polar surface area (TPSA) is 46.1 Å². The van der Waals surface area contributed by atoms with Crippen LogP contribution < -0.4 is 10.2 Å². The van der Waals surface area contributed by atoms with E-state index in [0.29, 0.717) is 0 Å². The third-order valence-electron chi connectivity index (χ3n) is 0.900. The summed E-state index contributed by atoms with van der Waals surface area (Å²) in [6, 6.07) is 0. The van der Waals surface area contributed by atoms with Crippen molar-refractivity contribution >= 4 is 23.1 Å². The van der Waals surface area contributed by atoms with Crippen LogP contribution in [0.3, 0.4) is 0 Å². The first-order chi connectivity index (χ1) is 4.83. The van der Waals surface area contributed by atoms with Gasteiger partial charge in [-0.2, -0.15) is 0 Å². The van der Waals surface area contributed by atoms with Gasteiger partial charge in [0.05, 0.1) is 0 Å². The van der Waals surface area contributed by atoms with Gasteiger partial charge < -0.3 is 10.2 Å². The van der Waals surface area contributed by atoms with E-state index in [1.165, 1.54) is 0 Å². The molecule has 0 fully saturated rings. The molecule has 2 nitrogen and oxygen atoms in total. The van der Waals surface area contributed by atoms with Crippen molar-refractivity contribution in [2.24, 2.45) is 5.41 Å². The molecule has 3 heteroatoms. The van der Waals surface area contributed by atoms with Gasteiger partial charge in [-0.15, -0.1) is 12.7 Å². The van der Waals surface area contributed by atoms with Crippen LogP contribution in [-0.2, 0) is 0 Å². The molecule has 0 rings (SSSR count). The van der Waals surface area contributed by atoms with Crippen LogP contribution in [0.15, 0.2) is 0 Å². The van der Waals surface area contributed by atoms with Crippen LogP contribution in [0.25, 0.3) is 0 Å². The molecule has 0 aliphatic heterocycles. The van der Waals surface area contributed by atoms with Crippen LogP contribution >= 0.6 is 0 Å². The van der Waals surface area contributed by atoms with E-state index in [9.17, 15) is 5.11 Å². The van der Waals surface area contributed by atoms with Gasteiger partial charge in [0.15, 0.2) is 0 Å². The minimum absolute atomic E-state index is 0. The van der Waals surface area contributed by atoms with Gasteiger partial charge in [0.25, 0.3) is 0 Å². The molecule has 0 aromatic rings. The van der Waals surface area contributed by atoms with Gasteiger partial charge in [0.1, 0.15) is 0 Å². The number of hydrogen-bond acceptors (Lipinski definition) is 2. The minimum Gasteiger partial charge on any atom is -0.855 e. The van der Waals surface area contributed by atoms with E-state index in [4.69, 9.17) is 5.11 Å². The quantitative estimate of drug-likeness (QED) is 0.545. The summed E-state index contributed by atoms with van der Waals surface area (Å²) in [5.74, 6) is 0. The van der Waals surface area contributed by atoms with Gasteiger partial charge in [-0.25, -0.2) is 0 Å². The predicted molar refractivity (Wildman–Crippen MR) is 49.8 cm³/mol. The SMILES string of the molecule is CC([O-])CC(C)(C)C.CC[O-].[Mg+2]. The van der Waals surface area contributed by atoms with Gasteiger partial charge in [0.2, 0.25) is 0 Å². The van der Waals surface area contributed by atoms with Crippen molar-refractivity contribution in [1.82, 2.24) is 0 Å².